The number of fused-ring (bicyclic) bond motifs is 1. The predicted octanol–water partition coefficient (Wildman–Crippen LogP) is 2.58. The van der Waals surface area contributed by atoms with Gasteiger partial charge in [0.25, 0.3) is 5.91 Å². The summed E-state index contributed by atoms with van der Waals surface area (Å²) in [4.78, 5) is 27.1. The van der Waals surface area contributed by atoms with Gasteiger partial charge in [0.15, 0.2) is 6.10 Å². The van der Waals surface area contributed by atoms with Crippen LogP contribution in [0, 0.1) is 0 Å². The Balaban J connectivity index is 1.34. The maximum Gasteiger partial charge on any atom is 0.338 e. The van der Waals surface area contributed by atoms with Gasteiger partial charge in [0.05, 0.1) is 10.5 Å². The van der Waals surface area contributed by atoms with Gasteiger partial charge in [0.2, 0.25) is 10.0 Å². The quantitative estimate of drug-likeness (QED) is 0.598. The van der Waals surface area contributed by atoms with Crippen molar-refractivity contribution in [2.45, 2.75) is 17.9 Å². The van der Waals surface area contributed by atoms with Crippen molar-refractivity contribution in [3.8, 4) is 5.75 Å². The molecule has 0 N–H and O–H groups in total. The number of hydrogen-bond acceptors (Lipinski definition) is 6. The number of nitrogens with zero attached hydrogens (tertiary/aromatic N) is 2. The van der Waals surface area contributed by atoms with Crippen molar-refractivity contribution < 1.29 is 27.5 Å². The van der Waals surface area contributed by atoms with E-state index in [0.29, 0.717) is 16.3 Å². The lowest BCUT2D eigenvalue weighted by atomic mass is 10.1. The maximum absolute atomic E-state index is 12.8. The van der Waals surface area contributed by atoms with Crippen molar-refractivity contribution in [1.82, 2.24) is 9.21 Å². The van der Waals surface area contributed by atoms with Crippen LogP contribution < -0.4 is 4.74 Å². The Morgan fingerprint density at radius 1 is 1.06 bits per heavy atom. The fourth-order valence-electron chi connectivity index (χ4n) is 3.70. The van der Waals surface area contributed by atoms with Gasteiger partial charge in [0.1, 0.15) is 12.4 Å². The van der Waals surface area contributed by atoms with Crippen LogP contribution in [0.1, 0.15) is 12.5 Å². The van der Waals surface area contributed by atoms with Gasteiger partial charge in [-0.3, -0.25) is 4.79 Å². The molecular weight excluding hydrogens is 468 g/mol. The van der Waals surface area contributed by atoms with Gasteiger partial charge in [0, 0.05) is 36.8 Å². The monoisotopic (exact) mass is 490 g/mol. The number of carbonyl (C=O) groups is 2. The minimum atomic E-state index is -3.61. The molecule has 0 spiro atoms. The fraction of sp³-hybridized carbons (Fsp3) is 0.304. The molecule has 1 amide bonds. The fourth-order valence-corrected chi connectivity index (χ4v) is 5.32. The lowest BCUT2D eigenvalue weighted by Crippen LogP contribution is -2.53. The molecule has 2 aromatic carbocycles. The molecule has 0 bridgehead atoms. The third-order valence-corrected chi connectivity index (χ3v) is 7.66. The zero-order valence-corrected chi connectivity index (χ0v) is 19.5. The van der Waals surface area contributed by atoms with E-state index in [0.717, 1.165) is 0 Å². The number of ether oxygens (including phenoxy) is 2. The summed E-state index contributed by atoms with van der Waals surface area (Å²) in [5.41, 5.74) is 0.943. The SMILES string of the molecule is CC(OC(=O)C1=Cc2cc(Cl)ccc2OC1)C(=O)N1CCN(S(=O)(=O)c2ccccc2)CC1. The standard InChI is InChI=1S/C23H23ClN2O6S/c1-16(32-23(28)18-13-17-14-19(24)7-8-21(17)31-15-18)22(27)25-9-11-26(12-10-25)33(29,30)20-5-3-2-4-6-20/h2-8,13-14,16H,9-12,15H2,1H3. The number of esters is 1. The number of halogens is 1. The second-order valence-electron chi connectivity index (χ2n) is 7.73. The first-order valence-electron chi connectivity index (χ1n) is 10.4. The van der Waals surface area contributed by atoms with Crippen molar-refractivity contribution in [3.05, 3.63) is 64.7 Å². The molecule has 1 fully saturated rings. The molecule has 0 radical (unpaired) electrons. The minimum Gasteiger partial charge on any atom is -0.488 e. The molecule has 2 heterocycles. The molecular formula is C23H23ClN2O6S. The van der Waals surface area contributed by atoms with E-state index in [1.54, 1.807) is 54.6 Å². The van der Waals surface area contributed by atoms with Crippen molar-refractivity contribution >= 4 is 39.6 Å². The second kappa shape index (κ2) is 9.54. The molecule has 1 unspecified atom stereocenters. The normalized spacial score (nSPS) is 17.4. The smallest absolute Gasteiger partial charge is 0.338 e. The van der Waals surface area contributed by atoms with E-state index in [1.807, 2.05) is 0 Å². The molecule has 1 saturated heterocycles. The lowest BCUT2D eigenvalue weighted by Gasteiger charge is -2.35. The Labute approximate surface area is 197 Å². The molecule has 0 aliphatic carbocycles. The van der Waals surface area contributed by atoms with Crippen LogP contribution in [0.15, 0.2) is 59.0 Å². The Morgan fingerprint density at radius 3 is 2.45 bits per heavy atom. The minimum absolute atomic E-state index is 0.0321. The van der Waals surface area contributed by atoms with E-state index in [-0.39, 0.29) is 49.2 Å². The van der Waals surface area contributed by atoms with Crippen LogP contribution in [0.5, 0.6) is 5.75 Å². The van der Waals surface area contributed by atoms with Crippen LogP contribution >= 0.6 is 11.6 Å². The Hall–Kier alpha value is -2.88. The topological polar surface area (TPSA) is 93.2 Å². The summed E-state index contributed by atoms with van der Waals surface area (Å²) in [7, 11) is -3.61. The molecule has 2 aliphatic heterocycles. The molecule has 4 rings (SSSR count). The van der Waals surface area contributed by atoms with Gasteiger partial charge in [-0.05, 0) is 43.3 Å². The van der Waals surface area contributed by atoms with Crippen molar-refractivity contribution in [2.24, 2.45) is 0 Å². The average Bonchev–Trinajstić information content (AvgIpc) is 2.83. The Morgan fingerprint density at radius 2 is 1.76 bits per heavy atom. The average molecular weight is 491 g/mol. The summed E-state index contributed by atoms with van der Waals surface area (Å²) in [6.07, 6.45) is 0.619. The molecule has 2 aromatic rings. The van der Waals surface area contributed by atoms with Gasteiger partial charge in [-0.25, -0.2) is 13.2 Å². The Kier molecular flexibility index (Phi) is 6.73. The van der Waals surface area contributed by atoms with E-state index in [2.05, 4.69) is 0 Å². The highest BCUT2D eigenvalue weighted by Gasteiger charge is 2.33. The van der Waals surface area contributed by atoms with Gasteiger partial charge >= 0.3 is 5.97 Å². The number of benzene rings is 2. The molecule has 174 valence electrons. The summed E-state index contributed by atoms with van der Waals surface area (Å²) < 4.78 is 37.8. The van der Waals surface area contributed by atoms with Crippen LogP contribution in [0.4, 0.5) is 0 Å². The van der Waals surface area contributed by atoms with E-state index < -0.39 is 22.1 Å². The molecule has 2 aliphatic rings. The zero-order valence-electron chi connectivity index (χ0n) is 17.9. The summed E-state index contributed by atoms with van der Waals surface area (Å²) >= 11 is 6.00. The highest BCUT2D eigenvalue weighted by molar-refractivity contribution is 7.89. The largest absolute Gasteiger partial charge is 0.488 e. The van der Waals surface area contributed by atoms with Crippen LogP contribution in [0.25, 0.3) is 6.08 Å². The zero-order chi connectivity index (χ0) is 23.6. The maximum atomic E-state index is 12.8. The van der Waals surface area contributed by atoms with Crippen LogP contribution in [0.2, 0.25) is 5.02 Å². The van der Waals surface area contributed by atoms with Crippen molar-refractivity contribution in [3.63, 3.8) is 0 Å². The summed E-state index contributed by atoms with van der Waals surface area (Å²) in [5.74, 6) is -0.406. The summed E-state index contributed by atoms with van der Waals surface area (Å²) in [5, 5.41) is 0.514. The number of sulfonamides is 1. The first kappa shape index (κ1) is 23.3. The first-order valence-corrected chi connectivity index (χ1v) is 12.3. The van der Waals surface area contributed by atoms with Crippen molar-refractivity contribution in [1.29, 1.82) is 0 Å². The van der Waals surface area contributed by atoms with E-state index in [9.17, 15) is 18.0 Å². The van der Waals surface area contributed by atoms with Gasteiger partial charge in [-0.2, -0.15) is 4.31 Å². The molecule has 1 atom stereocenters. The van der Waals surface area contributed by atoms with Crippen LogP contribution in [-0.2, 0) is 24.3 Å². The summed E-state index contributed by atoms with van der Waals surface area (Å²) in [6, 6.07) is 13.3. The first-order chi connectivity index (χ1) is 15.8. The third-order valence-electron chi connectivity index (χ3n) is 5.51. The molecule has 33 heavy (non-hydrogen) atoms. The van der Waals surface area contributed by atoms with Crippen LogP contribution in [0.3, 0.4) is 0 Å². The van der Waals surface area contributed by atoms with Gasteiger partial charge in [-0.15, -0.1) is 0 Å². The van der Waals surface area contributed by atoms with Gasteiger partial charge < -0.3 is 14.4 Å². The molecule has 0 saturated carbocycles. The number of hydrogen-bond donors (Lipinski definition) is 0. The number of amides is 1. The van der Waals surface area contributed by atoms with E-state index >= 15 is 0 Å². The third kappa shape index (κ3) is 5.05. The predicted molar refractivity (Wildman–Crippen MR) is 122 cm³/mol. The summed E-state index contributed by atoms with van der Waals surface area (Å²) in [6.45, 7) is 2.29. The van der Waals surface area contributed by atoms with E-state index in [1.165, 1.54) is 16.1 Å². The van der Waals surface area contributed by atoms with Crippen molar-refractivity contribution in [2.75, 3.05) is 32.8 Å². The highest BCUT2D eigenvalue weighted by atomic mass is 35.5. The Bertz CT molecular complexity index is 1190. The number of piperazine rings is 1. The molecule has 0 aromatic heterocycles. The van der Waals surface area contributed by atoms with Gasteiger partial charge in [-0.1, -0.05) is 29.8 Å². The highest BCUT2D eigenvalue weighted by Crippen LogP contribution is 2.29. The number of rotatable bonds is 5. The van der Waals surface area contributed by atoms with E-state index in [4.69, 9.17) is 21.1 Å². The number of carbonyl (C=O) groups excluding carboxylic acids is 2. The lowest BCUT2D eigenvalue weighted by molar-refractivity contribution is -0.156. The molecule has 10 heteroatoms. The molecule has 8 nitrogen and oxygen atoms in total. The second-order valence-corrected chi connectivity index (χ2v) is 10.1. The van der Waals surface area contributed by atoms with Crippen LogP contribution in [-0.4, -0.2) is 68.4 Å².